The minimum Gasteiger partial charge on any atom is -0.481 e. The van der Waals surface area contributed by atoms with Crippen LogP contribution < -0.4 is 16.0 Å². The van der Waals surface area contributed by atoms with Crippen LogP contribution in [0.15, 0.2) is 39.8 Å². The minimum atomic E-state index is -0.880. The molecule has 1 aromatic heterocycles. The number of aromatic amines is 1. The van der Waals surface area contributed by atoms with Crippen LogP contribution in [0.1, 0.15) is 75.9 Å². The van der Waals surface area contributed by atoms with Crippen LogP contribution in [0.25, 0.3) is 6.08 Å². The molecule has 1 aromatic rings. The number of nitrogens with one attached hydrogen (secondary N) is 4. The third-order valence-electron chi connectivity index (χ3n) is 9.58. The smallest absolute Gasteiger partial charge is 0.303 e. The third-order valence-corrected chi connectivity index (χ3v) is 10.6. The molecule has 5 atom stereocenters. The van der Waals surface area contributed by atoms with Gasteiger partial charge in [0.25, 0.3) is 0 Å². The Kier molecular flexibility index (Phi) is 9.15. The summed E-state index contributed by atoms with van der Waals surface area (Å²) in [5.74, 6) is -0.729. The van der Waals surface area contributed by atoms with Gasteiger partial charge in [-0.2, -0.15) is 11.8 Å². The molecule has 11 heteroatoms. The van der Waals surface area contributed by atoms with Crippen LogP contribution in [0.5, 0.6) is 0 Å². The Morgan fingerprint density at radius 3 is 2.34 bits per heavy atom. The second-order valence-electron chi connectivity index (χ2n) is 12.3. The van der Waals surface area contributed by atoms with Gasteiger partial charge >= 0.3 is 11.9 Å². The van der Waals surface area contributed by atoms with Crippen LogP contribution in [-0.4, -0.2) is 62.0 Å². The maximum atomic E-state index is 12.6. The number of amides is 2. The Labute approximate surface area is 261 Å². The number of rotatable bonds is 12. The molecule has 2 amide bonds. The fourth-order valence-corrected chi connectivity index (χ4v) is 7.81. The summed E-state index contributed by atoms with van der Waals surface area (Å²) in [5, 5.41) is 29.1. The molecule has 0 bridgehead atoms. The van der Waals surface area contributed by atoms with E-state index in [1.54, 1.807) is 0 Å². The molecule has 2 saturated heterocycles. The first-order chi connectivity index (χ1) is 20.9. The monoisotopic (exact) mass is 622 g/mol. The molecule has 0 aliphatic carbocycles. The summed E-state index contributed by atoms with van der Waals surface area (Å²) in [5.41, 5.74) is 9.11. The number of hydrogen-bond donors (Lipinski definition) is 6. The standard InChI is InChI=1S/C33H42N4O6S/c1-6-19-15(2)24(36-33(19)43)11-22-16(3)20(7-9-29(38)39)25(34-22)13-26-21(8-10-30(40)41)17(4)23(35-26)12-27-31(28-14-44-28)18(5)32(42)37-27/h11-12,18,24-25,28,31,34-35H,6-10,13-14H2,1-5H3,(H,36,43)(H,37,42)(H,38,39)(H,40,41)/b22-11+,27-12-/t18-,24-,25?,28-,31-/m1/s1. The van der Waals surface area contributed by atoms with Crippen molar-refractivity contribution in [2.75, 3.05) is 5.75 Å². The molecule has 0 aromatic carbocycles. The van der Waals surface area contributed by atoms with E-state index in [9.17, 15) is 29.4 Å². The van der Waals surface area contributed by atoms with Crippen LogP contribution in [-0.2, 0) is 32.0 Å². The molecule has 0 saturated carbocycles. The van der Waals surface area contributed by atoms with Crippen molar-refractivity contribution in [1.82, 2.24) is 20.9 Å². The summed E-state index contributed by atoms with van der Waals surface area (Å²) in [6.07, 6.45) is 5.85. The number of carbonyl (C=O) groups excluding carboxylic acids is 2. The predicted molar refractivity (Wildman–Crippen MR) is 170 cm³/mol. The quantitative estimate of drug-likeness (QED) is 0.191. The summed E-state index contributed by atoms with van der Waals surface area (Å²) < 4.78 is 0. The third kappa shape index (κ3) is 6.38. The van der Waals surface area contributed by atoms with Crippen molar-refractivity contribution in [1.29, 1.82) is 0 Å². The van der Waals surface area contributed by atoms with Crippen molar-refractivity contribution in [2.45, 2.75) is 90.5 Å². The molecule has 4 aliphatic rings. The molecule has 10 nitrogen and oxygen atoms in total. The van der Waals surface area contributed by atoms with Gasteiger partial charge in [0.15, 0.2) is 0 Å². The van der Waals surface area contributed by atoms with E-state index < -0.39 is 11.9 Å². The summed E-state index contributed by atoms with van der Waals surface area (Å²) in [6, 6.07) is -0.454. The molecule has 2 fully saturated rings. The zero-order valence-corrected chi connectivity index (χ0v) is 26.7. The SMILES string of the molecule is CCC1=C(C)[C@@H](/C=C2/NC(Cc3[nH]c(/C=C4\NC(=O)[C@H](C)[C@H]4[C@H]4CS4)c(C)c3CCC(=O)O)C(CCC(=O)O)=C2C)NC1=O. The molecule has 44 heavy (non-hydrogen) atoms. The van der Waals surface area contributed by atoms with Crippen molar-refractivity contribution in [3.8, 4) is 0 Å². The van der Waals surface area contributed by atoms with Gasteiger partial charge in [-0.25, -0.2) is 0 Å². The number of aromatic nitrogens is 1. The summed E-state index contributed by atoms with van der Waals surface area (Å²) in [4.78, 5) is 51.7. The van der Waals surface area contributed by atoms with Gasteiger partial charge in [0.2, 0.25) is 11.8 Å². The molecule has 0 radical (unpaired) electrons. The van der Waals surface area contributed by atoms with E-state index in [1.165, 1.54) is 0 Å². The molecular weight excluding hydrogens is 580 g/mol. The van der Waals surface area contributed by atoms with E-state index in [0.29, 0.717) is 30.9 Å². The van der Waals surface area contributed by atoms with Gasteiger partial charge in [0, 0.05) is 70.5 Å². The molecule has 236 valence electrons. The lowest BCUT2D eigenvalue weighted by Crippen LogP contribution is -2.30. The zero-order chi connectivity index (χ0) is 31.9. The number of carbonyl (C=O) groups is 4. The lowest BCUT2D eigenvalue weighted by molar-refractivity contribution is -0.138. The van der Waals surface area contributed by atoms with E-state index >= 15 is 0 Å². The maximum absolute atomic E-state index is 12.6. The number of hydrogen-bond acceptors (Lipinski definition) is 6. The van der Waals surface area contributed by atoms with Gasteiger partial charge in [0.1, 0.15) is 0 Å². The van der Waals surface area contributed by atoms with Crippen molar-refractivity contribution >= 4 is 41.6 Å². The van der Waals surface area contributed by atoms with Crippen LogP contribution in [0.3, 0.4) is 0 Å². The Morgan fingerprint density at radius 2 is 1.73 bits per heavy atom. The minimum absolute atomic E-state index is 0.0113. The number of carboxylic acids is 2. The van der Waals surface area contributed by atoms with Gasteiger partial charge in [-0.3, -0.25) is 19.2 Å². The van der Waals surface area contributed by atoms with E-state index in [-0.39, 0.29) is 48.6 Å². The molecule has 6 N–H and O–H groups in total. The first-order valence-electron chi connectivity index (χ1n) is 15.4. The number of allylic oxidation sites excluding steroid dienone is 2. The largest absolute Gasteiger partial charge is 0.481 e. The van der Waals surface area contributed by atoms with Crippen molar-refractivity contribution < 1.29 is 29.4 Å². The molecule has 0 spiro atoms. The second-order valence-corrected chi connectivity index (χ2v) is 13.6. The lowest BCUT2D eigenvalue weighted by atomic mass is 9.91. The highest BCUT2D eigenvalue weighted by atomic mass is 32.2. The van der Waals surface area contributed by atoms with Crippen LogP contribution in [0.4, 0.5) is 0 Å². The Bertz CT molecular complexity index is 1530. The Hall–Kier alpha value is -3.73. The van der Waals surface area contributed by atoms with Crippen LogP contribution >= 0.6 is 11.8 Å². The molecule has 4 aliphatic heterocycles. The molecule has 1 unspecified atom stereocenters. The van der Waals surface area contributed by atoms with E-state index in [4.69, 9.17) is 0 Å². The molecule has 5 rings (SSSR count). The lowest BCUT2D eigenvalue weighted by Gasteiger charge is -2.17. The van der Waals surface area contributed by atoms with E-state index in [2.05, 4.69) is 20.9 Å². The van der Waals surface area contributed by atoms with Crippen molar-refractivity contribution in [3.63, 3.8) is 0 Å². The highest BCUT2D eigenvalue weighted by molar-refractivity contribution is 8.06. The Morgan fingerprint density at radius 1 is 1.05 bits per heavy atom. The second kappa shape index (κ2) is 12.7. The highest BCUT2D eigenvalue weighted by Gasteiger charge is 2.45. The Balaban J connectivity index is 1.48. The maximum Gasteiger partial charge on any atom is 0.303 e. The fourth-order valence-electron chi connectivity index (χ4n) is 6.90. The summed E-state index contributed by atoms with van der Waals surface area (Å²) >= 11 is 1.86. The summed E-state index contributed by atoms with van der Waals surface area (Å²) in [6.45, 7) is 9.85. The van der Waals surface area contributed by atoms with Gasteiger partial charge in [-0.05, 0) is 80.0 Å². The average molecular weight is 623 g/mol. The van der Waals surface area contributed by atoms with E-state index in [0.717, 1.165) is 62.0 Å². The van der Waals surface area contributed by atoms with Crippen LogP contribution in [0.2, 0.25) is 0 Å². The van der Waals surface area contributed by atoms with Gasteiger partial charge in [-0.1, -0.05) is 13.8 Å². The summed E-state index contributed by atoms with van der Waals surface area (Å²) in [7, 11) is 0. The van der Waals surface area contributed by atoms with Gasteiger partial charge in [0.05, 0.1) is 12.1 Å². The number of H-pyrrole nitrogens is 1. The van der Waals surface area contributed by atoms with Gasteiger partial charge < -0.3 is 31.1 Å². The number of thioether (sulfide) groups is 1. The predicted octanol–water partition coefficient (Wildman–Crippen LogP) is 3.98. The first-order valence-corrected chi connectivity index (χ1v) is 16.4. The van der Waals surface area contributed by atoms with E-state index in [1.807, 2.05) is 58.5 Å². The van der Waals surface area contributed by atoms with Crippen molar-refractivity contribution in [2.24, 2.45) is 11.8 Å². The van der Waals surface area contributed by atoms with Gasteiger partial charge in [-0.15, -0.1) is 0 Å². The topological polar surface area (TPSA) is 161 Å². The first kappa shape index (κ1) is 31.7. The number of carboxylic acid groups (broad SMARTS) is 2. The van der Waals surface area contributed by atoms with Crippen LogP contribution in [0, 0.1) is 18.8 Å². The van der Waals surface area contributed by atoms with Crippen molar-refractivity contribution in [3.05, 3.63) is 62.3 Å². The molecular formula is C33H42N4O6S. The normalized spacial score (nSPS) is 28.2. The molecule has 5 heterocycles. The average Bonchev–Trinajstić information content (AvgIpc) is 3.53. The zero-order valence-electron chi connectivity index (χ0n) is 25.9. The highest BCUT2D eigenvalue weighted by Crippen LogP contribution is 2.46. The fraction of sp³-hybridized carbons (Fsp3) is 0.515. The number of aliphatic carboxylic acids is 2.